The first kappa shape index (κ1) is 17.6. The molecule has 134 valence electrons. The summed E-state index contributed by atoms with van der Waals surface area (Å²) in [6.45, 7) is 3.96. The van der Waals surface area contributed by atoms with Crippen molar-refractivity contribution in [1.29, 1.82) is 0 Å². The van der Waals surface area contributed by atoms with Crippen LogP contribution in [0.5, 0.6) is 0 Å². The first-order chi connectivity index (χ1) is 12.5. The topological polar surface area (TPSA) is 91.4 Å². The summed E-state index contributed by atoms with van der Waals surface area (Å²) in [5, 5.41) is 5.20. The SMILES string of the molecule is CC[C@H](NC(=O)c1ccc(N2CC(=O)NC2=O)cc1)c1cc(C)ccn1. The molecule has 1 atom stereocenters. The van der Waals surface area contributed by atoms with E-state index in [-0.39, 0.29) is 24.4 Å². The van der Waals surface area contributed by atoms with Crippen molar-refractivity contribution in [3.8, 4) is 0 Å². The molecular weight excluding hydrogens is 332 g/mol. The van der Waals surface area contributed by atoms with Crippen LogP contribution in [0.1, 0.15) is 41.0 Å². The first-order valence-electron chi connectivity index (χ1n) is 8.42. The number of aryl methyl sites for hydroxylation is 1. The maximum Gasteiger partial charge on any atom is 0.329 e. The fourth-order valence-corrected chi connectivity index (χ4v) is 2.82. The minimum atomic E-state index is -0.455. The molecule has 26 heavy (non-hydrogen) atoms. The zero-order valence-electron chi connectivity index (χ0n) is 14.7. The number of nitrogens with zero attached hydrogens (tertiary/aromatic N) is 2. The molecule has 7 nitrogen and oxygen atoms in total. The zero-order valence-corrected chi connectivity index (χ0v) is 14.7. The van der Waals surface area contributed by atoms with Gasteiger partial charge in [-0.25, -0.2) is 4.79 Å². The van der Waals surface area contributed by atoms with Gasteiger partial charge in [0, 0.05) is 17.4 Å². The minimum absolute atomic E-state index is 0.0126. The summed E-state index contributed by atoms with van der Waals surface area (Å²) in [4.78, 5) is 41.2. The van der Waals surface area contributed by atoms with E-state index < -0.39 is 6.03 Å². The Labute approximate surface area is 151 Å². The van der Waals surface area contributed by atoms with E-state index in [2.05, 4.69) is 15.6 Å². The van der Waals surface area contributed by atoms with Crippen LogP contribution in [-0.2, 0) is 4.79 Å². The first-order valence-corrected chi connectivity index (χ1v) is 8.42. The van der Waals surface area contributed by atoms with Gasteiger partial charge in [-0.1, -0.05) is 6.92 Å². The average Bonchev–Trinajstić information content (AvgIpc) is 2.97. The lowest BCUT2D eigenvalue weighted by atomic mass is 10.1. The molecule has 1 aliphatic heterocycles. The summed E-state index contributed by atoms with van der Waals surface area (Å²) in [5.41, 5.74) is 2.96. The lowest BCUT2D eigenvalue weighted by molar-refractivity contribution is -0.117. The average molecular weight is 352 g/mol. The van der Waals surface area contributed by atoms with E-state index >= 15 is 0 Å². The minimum Gasteiger partial charge on any atom is -0.344 e. The summed E-state index contributed by atoms with van der Waals surface area (Å²) in [6.07, 6.45) is 2.45. The van der Waals surface area contributed by atoms with E-state index in [0.29, 0.717) is 11.3 Å². The maximum atomic E-state index is 12.5. The lowest BCUT2D eigenvalue weighted by Crippen LogP contribution is -2.29. The Bertz CT molecular complexity index is 848. The standard InChI is InChI=1S/C19H20N4O3/c1-3-15(16-10-12(2)8-9-20-16)21-18(25)13-4-6-14(7-5-13)23-11-17(24)22-19(23)26/h4-10,15H,3,11H2,1-2H3,(H,21,25)(H,22,24,26)/t15-/m0/s1. The second kappa shape index (κ2) is 7.35. The molecule has 2 aromatic rings. The largest absolute Gasteiger partial charge is 0.344 e. The van der Waals surface area contributed by atoms with Gasteiger partial charge in [0.1, 0.15) is 6.54 Å². The molecule has 3 rings (SSSR count). The van der Waals surface area contributed by atoms with E-state index in [1.165, 1.54) is 4.90 Å². The molecule has 7 heteroatoms. The Morgan fingerprint density at radius 1 is 1.27 bits per heavy atom. The molecule has 1 aliphatic rings. The molecule has 1 aromatic carbocycles. The Morgan fingerprint density at radius 2 is 2.00 bits per heavy atom. The van der Waals surface area contributed by atoms with E-state index in [1.807, 2.05) is 26.0 Å². The normalized spacial score (nSPS) is 14.9. The monoisotopic (exact) mass is 352 g/mol. The van der Waals surface area contributed by atoms with Crippen LogP contribution in [0.25, 0.3) is 0 Å². The van der Waals surface area contributed by atoms with Crippen molar-refractivity contribution < 1.29 is 14.4 Å². The highest BCUT2D eigenvalue weighted by Gasteiger charge is 2.28. The van der Waals surface area contributed by atoms with Gasteiger partial charge in [-0.05, 0) is 55.3 Å². The summed E-state index contributed by atoms with van der Waals surface area (Å²) in [7, 11) is 0. The number of anilines is 1. The number of nitrogens with one attached hydrogen (secondary N) is 2. The predicted octanol–water partition coefficient (Wildman–Crippen LogP) is 2.33. The quantitative estimate of drug-likeness (QED) is 0.808. The van der Waals surface area contributed by atoms with Crippen LogP contribution in [-0.4, -0.2) is 29.4 Å². The molecule has 1 saturated heterocycles. The molecule has 2 N–H and O–H groups in total. The van der Waals surface area contributed by atoms with Gasteiger partial charge in [0.25, 0.3) is 5.91 Å². The van der Waals surface area contributed by atoms with Crippen LogP contribution >= 0.6 is 0 Å². The highest BCUT2D eigenvalue weighted by atomic mass is 16.2. The van der Waals surface area contributed by atoms with Crippen molar-refractivity contribution in [2.45, 2.75) is 26.3 Å². The van der Waals surface area contributed by atoms with Crippen molar-refractivity contribution in [3.63, 3.8) is 0 Å². The fourth-order valence-electron chi connectivity index (χ4n) is 2.82. The highest BCUT2D eigenvalue weighted by Crippen LogP contribution is 2.19. The molecule has 1 aromatic heterocycles. The Kier molecular flexibility index (Phi) is 4.97. The van der Waals surface area contributed by atoms with Crippen LogP contribution in [0.15, 0.2) is 42.6 Å². The number of benzene rings is 1. The Morgan fingerprint density at radius 3 is 2.58 bits per heavy atom. The zero-order chi connectivity index (χ0) is 18.7. The molecule has 0 bridgehead atoms. The van der Waals surface area contributed by atoms with Gasteiger partial charge in [-0.2, -0.15) is 0 Å². The van der Waals surface area contributed by atoms with Gasteiger partial charge in [0.15, 0.2) is 0 Å². The second-order valence-electron chi connectivity index (χ2n) is 6.18. The van der Waals surface area contributed by atoms with Gasteiger partial charge >= 0.3 is 6.03 Å². The van der Waals surface area contributed by atoms with Crippen LogP contribution in [0.2, 0.25) is 0 Å². The van der Waals surface area contributed by atoms with Gasteiger partial charge < -0.3 is 5.32 Å². The summed E-state index contributed by atoms with van der Waals surface area (Å²) >= 11 is 0. The Balaban J connectivity index is 1.71. The number of carbonyl (C=O) groups is 3. The molecule has 0 radical (unpaired) electrons. The molecule has 0 unspecified atom stereocenters. The van der Waals surface area contributed by atoms with Crippen LogP contribution in [0.3, 0.4) is 0 Å². The molecule has 4 amide bonds. The third-order valence-electron chi connectivity index (χ3n) is 4.24. The van der Waals surface area contributed by atoms with Gasteiger partial charge in [0.2, 0.25) is 5.91 Å². The number of hydrogen-bond acceptors (Lipinski definition) is 4. The van der Waals surface area contributed by atoms with Crippen molar-refractivity contribution >= 4 is 23.5 Å². The highest BCUT2D eigenvalue weighted by molar-refractivity contribution is 6.12. The van der Waals surface area contributed by atoms with Crippen molar-refractivity contribution in [3.05, 3.63) is 59.4 Å². The predicted molar refractivity (Wildman–Crippen MR) is 96.8 cm³/mol. The smallest absolute Gasteiger partial charge is 0.329 e. The summed E-state index contributed by atoms with van der Waals surface area (Å²) in [6, 6.07) is 9.82. The summed E-state index contributed by atoms with van der Waals surface area (Å²) in [5.74, 6) is -0.554. The van der Waals surface area contributed by atoms with Crippen LogP contribution < -0.4 is 15.5 Å². The molecule has 1 fully saturated rings. The van der Waals surface area contributed by atoms with Crippen molar-refractivity contribution in [2.24, 2.45) is 0 Å². The van der Waals surface area contributed by atoms with Gasteiger partial charge in [0.05, 0.1) is 11.7 Å². The van der Waals surface area contributed by atoms with Gasteiger partial charge in [-0.3, -0.25) is 24.8 Å². The van der Waals surface area contributed by atoms with Crippen LogP contribution in [0, 0.1) is 6.92 Å². The third-order valence-corrected chi connectivity index (χ3v) is 4.24. The van der Waals surface area contributed by atoms with E-state index in [1.54, 1.807) is 30.5 Å². The maximum absolute atomic E-state index is 12.5. The molecule has 0 saturated carbocycles. The number of rotatable bonds is 5. The lowest BCUT2D eigenvalue weighted by Gasteiger charge is -2.18. The molecule has 0 aliphatic carbocycles. The van der Waals surface area contributed by atoms with E-state index in [4.69, 9.17) is 0 Å². The van der Waals surface area contributed by atoms with Crippen molar-refractivity contribution in [2.75, 3.05) is 11.4 Å². The molecule has 2 heterocycles. The number of hydrogen-bond donors (Lipinski definition) is 2. The number of pyridine rings is 1. The summed E-state index contributed by atoms with van der Waals surface area (Å²) < 4.78 is 0. The van der Waals surface area contributed by atoms with Gasteiger partial charge in [-0.15, -0.1) is 0 Å². The molecular formula is C19H20N4O3. The van der Waals surface area contributed by atoms with Crippen LogP contribution in [0.4, 0.5) is 10.5 Å². The third kappa shape index (κ3) is 3.72. The second-order valence-corrected chi connectivity index (χ2v) is 6.18. The number of imide groups is 1. The fraction of sp³-hybridized carbons (Fsp3) is 0.263. The Hall–Kier alpha value is -3.22. The van der Waals surface area contributed by atoms with Crippen molar-refractivity contribution in [1.82, 2.24) is 15.6 Å². The molecule has 0 spiro atoms. The number of urea groups is 1. The number of amides is 4. The van der Waals surface area contributed by atoms with E-state index in [0.717, 1.165) is 17.7 Å². The number of carbonyl (C=O) groups excluding carboxylic acids is 3. The number of aromatic nitrogens is 1. The van der Waals surface area contributed by atoms with E-state index in [9.17, 15) is 14.4 Å².